The highest BCUT2D eigenvalue weighted by Gasteiger charge is 2.29. The molecule has 1 heterocycles. The number of carbonyl (C=O) groups excluding carboxylic acids is 1. The number of hydrogen-bond acceptors (Lipinski definition) is 3. The lowest BCUT2D eigenvalue weighted by Crippen LogP contribution is -2.36. The van der Waals surface area contributed by atoms with Gasteiger partial charge in [0.1, 0.15) is 5.82 Å². The SMILES string of the molecule is CC(C)OCCCN1C(=O)CC[C@@H]1CCNCc1cccc(F)c1. The van der Waals surface area contributed by atoms with E-state index in [4.69, 9.17) is 4.74 Å². The third kappa shape index (κ3) is 6.21. The summed E-state index contributed by atoms with van der Waals surface area (Å²) in [5.41, 5.74) is 0.945. The second-order valence-electron chi connectivity index (χ2n) is 6.65. The Hall–Kier alpha value is -1.46. The largest absolute Gasteiger partial charge is 0.379 e. The van der Waals surface area contributed by atoms with Crippen LogP contribution >= 0.6 is 0 Å². The van der Waals surface area contributed by atoms with Gasteiger partial charge in [-0.2, -0.15) is 0 Å². The molecule has 0 unspecified atom stereocenters. The van der Waals surface area contributed by atoms with Gasteiger partial charge in [-0.15, -0.1) is 0 Å². The lowest BCUT2D eigenvalue weighted by Gasteiger charge is -2.25. The molecule has 1 aromatic carbocycles. The average molecular weight is 336 g/mol. The molecule has 0 saturated carbocycles. The van der Waals surface area contributed by atoms with Crippen LogP contribution in [0.15, 0.2) is 24.3 Å². The Morgan fingerprint density at radius 3 is 3.00 bits per heavy atom. The van der Waals surface area contributed by atoms with Gasteiger partial charge in [-0.3, -0.25) is 4.79 Å². The molecular weight excluding hydrogens is 307 g/mol. The van der Waals surface area contributed by atoms with Gasteiger partial charge in [0.25, 0.3) is 0 Å². The van der Waals surface area contributed by atoms with E-state index in [0.717, 1.165) is 37.9 Å². The first kappa shape index (κ1) is 18.9. The topological polar surface area (TPSA) is 41.6 Å². The van der Waals surface area contributed by atoms with Crippen molar-refractivity contribution in [2.24, 2.45) is 0 Å². The van der Waals surface area contributed by atoms with Crippen molar-refractivity contribution >= 4 is 5.91 Å². The maximum Gasteiger partial charge on any atom is 0.222 e. The molecule has 1 N–H and O–H groups in total. The summed E-state index contributed by atoms with van der Waals surface area (Å²) in [6.07, 6.45) is 3.65. The first-order chi connectivity index (χ1) is 11.6. The van der Waals surface area contributed by atoms with Crippen LogP contribution in [0.5, 0.6) is 0 Å². The number of nitrogens with zero attached hydrogens (tertiary/aromatic N) is 1. The van der Waals surface area contributed by atoms with E-state index in [0.29, 0.717) is 25.6 Å². The van der Waals surface area contributed by atoms with Crippen molar-refractivity contribution in [1.82, 2.24) is 10.2 Å². The second kappa shape index (κ2) is 9.74. The van der Waals surface area contributed by atoms with Crippen molar-refractivity contribution in [2.45, 2.75) is 58.2 Å². The summed E-state index contributed by atoms with van der Waals surface area (Å²) in [6.45, 7) is 7.00. The second-order valence-corrected chi connectivity index (χ2v) is 6.65. The van der Waals surface area contributed by atoms with Crippen LogP contribution < -0.4 is 5.32 Å². The van der Waals surface area contributed by atoms with Crippen LogP contribution in [0.2, 0.25) is 0 Å². The van der Waals surface area contributed by atoms with Crippen LogP contribution in [0.25, 0.3) is 0 Å². The first-order valence-corrected chi connectivity index (χ1v) is 8.92. The molecule has 5 heteroatoms. The molecule has 1 fully saturated rings. The number of carbonyl (C=O) groups is 1. The summed E-state index contributed by atoms with van der Waals surface area (Å²) in [5.74, 6) is 0.0557. The molecule has 0 bridgehead atoms. The van der Waals surface area contributed by atoms with Gasteiger partial charge < -0.3 is 15.0 Å². The Morgan fingerprint density at radius 2 is 2.25 bits per heavy atom. The Labute approximate surface area is 144 Å². The van der Waals surface area contributed by atoms with Crippen LogP contribution in [-0.4, -0.2) is 42.6 Å². The summed E-state index contributed by atoms with van der Waals surface area (Å²) < 4.78 is 18.7. The minimum Gasteiger partial charge on any atom is -0.379 e. The number of amides is 1. The van der Waals surface area contributed by atoms with Gasteiger partial charge in [-0.05, 0) is 57.4 Å². The van der Waals surface area contributed by atoms with Gasteiger partial charge >= 0.3 is 0 Å². The van der Waals surface area contributed by atoms with E-state index in [9.17, 15) is 9.18 Å². The third-order valence-corrected chi connectivity index (χ3v) is 4.32. The smallest absolute Gasteiger partial charge is 0.222 e. The minimum atomic E-state index is -0.203. The number of ether oxygens (including phenoxy) is 1. The molecule has 2 rings (SSSR count). The summed E-state index contributed by atoms with van der Waals surface area (Å²) in [6, 6.07) is 6.96. The van der Waals surface area contributed by atoms with Crippen LogP contribution in [0, 0.1) is 5.82 Å². The molecule has 1 aromatic rings. The predicted molar refractivity (Wildman–Crippen MR) is 93.2 cm³/mol. The molecule has 1 aliphatic heterocycles. The maximum absolute atomic E-state index is 13.1. The zero-order valence-corrected chi connectivity index (χ0v) is 14.8. The Morgan fingerprint density at radius 1 is 1.42 bits per heavy atom. The standard InChI is InChI=1S/C19H29FN2O2/c1-15(2)24-12-4-11-22-18(7-8-19(22)23)9-10-21-14-16-5-3-6-17(20)13-16/h3,5-6,13,15,18,21H,4,7-12,14H2,1-2H3/t18-/m1/s1. The molecule has 1 aliphatic rings. The van der Waals surface area contributed by atoms with Crippen LogP contribution in [0.1, 0.15) is 45.1 Å². The van der Waals surface area contributed by atoms with Crippen molar-refractivity contribution in [1.29, 1.82) is 0 Å². The van der Waals surface area contributed by atoms with Crippen LogP contribution in [-0.2, 0) is 16.1 Å². The fourth-order valence-corrected chi connectivity index (χ4v) is 3.10. The molecule has 0 aliphatic carbocycles. The highest BCUT2D eigenvalue weighted by atomic mass is 19.1. The summed E-state index contributed by atoms with van der Waals surface area (Å²) in [5, 5.41) is 3.34. The zero-order chi connectivity index (χ0) is 17.4. The Kier molecular flexibility index (Phi) is 7.66. The van der Waals surface area contributed by atoms with E-state index in [1.54, 1.807) is 12.1 Å². The molecule has 1 amide bonds. The van der Waals surface area contributed by atoms with E-state index < -0.39 is 0 Å². The first-order valence-electron chi connectivity index (χ1n) is 8.92. The Balaban J connectivity index is 1.67. The van der Waals surface area contributed by atoms with Gasteiger partial charge in [-0.25, -0.2) is 4.39 Å². The highest BCUT2D eigenvalue weighted by molar-refractivity contribution is 5.78. The van der Waals surface area contributed by atoms with Crippen LogP contribution in [0.4, 0.5) is 4.39 Å². The van der Waals surface area contributed by atoms with Gasteiger partial charge in [0, 0.05) is 32.2 Å². The van der Waals surface area contributed by atoms with Gasteiger partial charge in [-0.1, -0.05) is 12.1 Å². The molecule has 4 nitrogen and oxygen atoms in total. The van der Waals surface area contributed by atoms with E-state index >= 15 is 0 Å². The summed E-state index contributed by atoms with van der Waals surface area (Å²) in [7, 11) is 0. The monoisotopic (exact) mass is 336 g/mol. The fraction of sp³-hybridized carbons (Fsp3) is 0.632. The molecule has 0 aromatic heterocycles. The third-order valence-electron chi connectivity index (χ3n) is 4.32. The van der Waals surface area contributed by atoms with E-state index in [-0.39, 0.29) is 17.8 Å². The normalized spacial score (nSPS) is 17.9. The van der Waals surface area contributed by atoms with Crippen molar-refractivity contribution in [3.05, 3.63) is 35.6 Å². The molecule has 134 valence electrons. The fourth-order valence-electron chi connectivity index (χ4n) is 3.10. The lowest BCUT2D eigenvalue weighted by atomic mass is 10.1. The molecule has 24 heavy (non-hydrogen) atoms. The van der Waals surface area contributed by atoms with Crippen molar-refractivity contribution < 1.29 is 13.9 Å². The number of benzene rings is 1. The zero-order valence-electron chi connectivity index (χ0n) is 14.8. The number of likely N-dealkylation sites (tertiary alicyclic amines) is 1. The minimum absolute atomic E-state index is 0.203. The van der Waals surface area contributed by atoms with E-state index in [1.165, 1.54) is 6.07 Å². The highest BCUT2D eigenvalue weighted by Crippen LogP contribution is 2.21. The molecule has 0 radical (unpaired) electrons. The van der Waals surface area contributed by atoms with E-state index in [2.05, 4.69) is 5.32 Å². The quantitative estimate of drug-likeness (QED) is 0.668. The summed E-state index contributed by atoms with van der Waals surface area (Å²) in [4.78, 5) is 14.0. The molecule has 1 saturated heterocycles. The van der Waals surface area contributed by atoms with E-state index in [1.807, 2.05) is 24.8 Å². The van der Waals surface area contributed by atoms with Gasteiger partial charge in [0.15, 0.2) is 0 Å². The number of hydrogen-bond donors (Lipinski definition) is 1. The summed E-state index contributed by atoms with van der Waals surface area (Å²) >= 11 is 0. The average Bonchev–Trinajstić information content (AvgIpc) is 2.88. The maximum atomic E-state index is 13.1. The molecule has 1 atom stereocenters. The number of nitrogens with one attached hydrogen (secondary N) is 1. The van der Waals surface area contributed by atoms with Crippen molar-refractivity contribution in [3.63, 3.8) is 0 Å². The predicted octanol–water partition coefficient (Wildman–Crippen LogP) is 3.11. The molecule has 0 spiro atoms. The number of rotatable bonds is 10. The number of halogens is 1. The van der Waals surface area contributed by atoms with Crippen molar-refractivity contribution in [3.8, 4) is 0 Å². The van der Waals surface area contributed by atoms with Crippen molar-refractivity contribution in [2.75, 3.05) is 19.7 Å². The van der Waals surface area contributed by atoms with Gasteiger partial charge in [0.05, 0.1) is 6.10 Å². The molecular formula is C19H29FN2O2. The van der Waals surface area contributed by atoms with Crippen LogP contribution in [0.3, 0.4) is 0 Å². The van der Waals surface area contributed by atoms with Gasteiger partial charge in [0.2, 0.25) is 5.91 Å². The Bertz CT molecular complexity index is 522. The lowest BCUT2D eigenvalue weighted by molar-refractivity contribution is -0.129.